The first-order valence-electron chi connectivity index (χ1n) is 7.33. The van der Waals surface area contributed by atoms with Crippen LogP contribution in [0.4, 0.5) is 10.1 Å². The van der Waals surface area contributed by atoms with E-state index in [-0.39, 0.29) is 17.5 Å². The minimum Gasteiger partial charge on any atom is -0.481 e. The molecular weight excluding hydrogens is 273 g/mol. The zero-order valence-electron chi connectivity index (χ0n) is 12.1. The molecule has 1 aliphatic carbocycles. The van der Waals surface area contributed by atoms with Gasteiger partial charge in [0.2, 0.25) is 5.91 Å². The van der Waals surface area contributed by atoms with Gasteiger partial charge in [-0.15, -0.1) is 0 Å². The van der Waals surface area contributed by atoms with Gasteiger partial charge in [0.1, 0.15) is 5.82 Å². The molecule has 0 spiro atoms. The van der Waals surface area contributed by atoms with Gasteiger partial charge in [0, 0.05) is 12.5 Å². The largest absolute Gasteiger partial charge is 0.481 e. The fourth-order valence-electron chi connectivity index (χ4n) is 2.97. The van der Waals surface area contributed by atoms with Gasteiger partial charge in [0.25, 0.3) is 0 Å². The minimum absolute atomic E-state index is 0.173. The summed E-state index contributed by atoms with van der Waals surface area (Å²) in [5, 5.41) is 9.11. The van der Waals surface area contributed by atoms with Crippen molar-refractivity contribution in [1.82, 2.24) is 0 Å². The number of halogens is 1. The van der Waals surface area contributed by atoms with Gasteiger partial charge in [0.05, 0.1) is 11.6 Å². The molecule has 0 heterocycles. The summed E-state index contributed by atoms with van der Waals surface area (Å²) in [4.78, 5) is 25.1. The summed E-state index contributed by atoms with van der Waals surface area (Å²) < 4.78 is 13.9. The van der Waals surface area contributed by atoms with Crippen molar-refractivity contribution in [2.45, 2.75) is 32.6 Å². The molecule has 1 fully saturated rings. The van der Waals surface area contributed by atoms with Crippen molar-refractivity contribution in [1.29, 1.82) is 0 Å². The van der Waals surface area contributed by atoms with E-state index in [1.54, 1.807) is 25.1 Å². The number of amides is 1. The average Bonchev–Trinajstić information content (AvgIpc) is 2.50. The van der Waals surface area contributed by atoms with Crippen LogP contribution in [-0.2, 0) is 9.59 Å². The quantitative estimate of drug-likeness (QED) is 0.928. The minimum atomic E-state index is -0.846. The molecule has 2 rings (SSSR count). The lowest BCUT2D eigenvalue weighted by atomic mass is 9.80. The number of anilines is 1. The summed E-state index contributed by atoms with van der Waals surface area (Å²) in [5.41, 5.74) is 0.266. The number of hydrogen-bond acceptors (Lipinski definition) is 2. The van der Waals surface area contributed by atoms with Crippen molar-refractivity contribution >= 4 is 17.6 Å². The fourth-order valence-corrected chi connectivity index (χ4v) is 2.97. The SMILES string of the molecule is CCN(C(=O)C1CCCC(C(=O)O)C1)c1ccccc1F. The van der Waals surface area contributed by atoms with Crippen molar-refractivity contribution in [3.8, 4) is 0 Å². The number of para-hydroxylation sites is 1. The molecule has 1 aromatic carbocycles. The summed E-state index contributed by atoms with van der Waals surface area (Å²) >= 11 is 0. The topological polar surface area (TPSA) is 57.6 Å². The maximum atomic E-state index is 13.9. The van der Waals surface area contributed by atoms with E-state index in [1.807, 2.05) is 0 Å². The molecule has 21 heavy (non-hydrogen) atoms. The lowest BCUT2D eigenvalue weighted by molar-refractivity contribution is -0.143. The van der Waals surface area contributed by atoms with Crippen molar-refractivity contribution in [2.75, 3.05) is 11.4 Å². The van der Waals surface area contributed by atoms with Crippen LogP contribution in [0.3, 0.4) is 0 Å². The highest BCUT2D eigenvalue weighted by atomic mass is 19.1. The van der Waals surface area contributed by atoms with Crippen LogP contribution in [0.2, 0.25) is 0 Å². The number of carbonyl (C=O) groups excluding carboxylic acids is 1. The maximum absolute atomic E-state index is 13.9. The molecule has 1 saturated carbocycles. The Morgan fingerprint density at radius 3 is 2.57 bits per heavy atom. The number of rotatable bonds is 4. The molecule has 5 heteroatoms. The number of hydrogen-bond donors (Lipinski definition) is 1. The Morgan fingerprint density at radius 2 is 1.95 bits per heavy atom. The monoisotopic (exact) mass is 293 g/mol. The van der Waals surface area contributed by atoms with Crippen LogP contribution in [-0.4, -0.2) is 23.5 Å². The smallest absolute Gasteiger partial charge is 0.306 e. The lowest BCUT2D eigenvalue weighted by Crippen LogP contribution is -2.39. The van der Waals surface area contributed by atoms with Gasteiger partial charge in [-0.1, -0.05) is 18.6 Å². The van der Waals surface area contributed by atoms with E-state index in [9.17, 15) is 14.0 Å². The van der Waals surface area contributed by atoms with Crippen molar-refractivity contribution in [3.05, 3.63) is 30.1 Å². The molecule has 2 unspecified atom stereocenters. The summed E-state index contributed by atoms with van der Waals surface area (Å²) in [6.45, 7) is 2.16. The molecule has 0 radical (unpaired) electrons. The van der Waals surface area contributed by atoms with E-state index in [2.05, 4.69) is 0 Å². The number of carboxylic acid groups (broad SMARTS) is 1. The first-order valence-corrected chi connectivity index (χ1v) is 7.33. The van der Waals surface area contributed by atoms with E-state index in [0.717, 1.165) is 6.42 Å². The molecular formula is C16H20FNO3. The highest BCUT2D eigenvalue weighted by Gasteiger charge is 2.33. The molecule has 4 nitrogen and oxygen atoms in total. The van der Waals surface area contributed by atoms with Gasteiger partial charge in [0.15, 0.2) is 0 Å². The molecule has 1 aliphatic rings. The van der Waals surface area contributed by atoms with E-state index < -0.39 is 17.7 Å². The van der Waals surface area contributed by atoms with E-state index in [4.69, 9.17) is 5.11 Å². The second-order valence-corrected chi connectivity index (χ2v) is 5.43. The lowest BCUT2D eigenvalue weighted by Gasteiger charge is -2.31. The molecule has 0 bridgehead atoms. The number of aliphatic carboxylic acids is 1. The van der Waals surface area contributed by atoms with Crippen molar-refractivity contribution in [2.24, 2.45) is 11.8 Å². The maximum Gasteiger partial charge on any atom is 0.306 e. The van der Waals surface area contributed by atoms with Gasteiger partial charge in [-0.25, -0.2) is 4.39 Å². The molecule has 0 aromatic heterocycles. The van der Waals surface area contributed by atoms with Crippen LogP contribution in [0.5, 0.6) is 0 Å². The van der Waals surface area contributed by atoms with Gasteiger partial charge in [-0.05, 0) is 38.3 Å². The average molecular weight is 293 g/mol. The van der Waals surface area contributed by atoms with Gasteiger partial charge < -0.3 is 10.0 Å². The Labute approximate surface area is 123 Å². The van der Waals surface area contributed by atoms with E-state index >= 15 is 0 Å². The van der Waals surface area contributed by atoms with E-state index in [0.29, 0.717) is 25.8 Å². The third-order valence-electron chi connectivity index (χ3n) is 4.10. The van der Waals surface area contributed by atoms with Crippen molar-refractivity contribution in [3.63, 3.8) is 0 Å². The van der Waals surface area contributed by atoms with Gasteiger partial charge in [-0.2, -0.15) is 0 Å². The van der Waals surface area contributed by atoms with Crippen molar-refractivity contribution < 1.29 is 19.1 Å². The second-order valence-electron chi connectivity index (χ2n) is 5.43. The molecule has 0 aliphatic heterocycles. The van der Waals surface area contributed by atoms with Crippen LogP contribution in [0.15, 0.2) is 24.3 Å². The zero-order valence-corrected chi connectivity index (χ0v) is 12.1. The Kier molecular flexibility index (Phi) is 4.94. The second kappa shape index (κ2) is 6.70. The van der Waals surface area contributed by atoms with E-state index in [1.165, 1.54) is 11.0 Å². The normalized spacial score (nSPS) is 21.8. The third kappa shape index (κ3) is 3.40. The Morgan fingerprint density at radius 1 is 1.29 bits per heavy atom. The van der Waals surface area contributed by atoms with Crippen LogP contribution in [0.25, 0.3) is 0 Å². The Bertz CT molecular complexity index is 532. The fraction of sp³-hybridized carbons (Fsp3) is 0.500. The Hall–Kier alpha value is -1.91. The van der Waals surface area contributed by atoms with Gasteiger partial charge >= 0.3 is 5.97 Å². The number of benzene rings is 1. The molecule has 114 valence electrons. The first kappa shape index (κ1) is 15.5. The number of nitrogens with zero attached hydrogens (tertiary/aromatic N) is 1. The zero-order chi connectivity index (χ0) is 15.4. The third-order valence-corrected chi connectivity index (χ3v) is 4.10. The van der Waals surface area contributed by atoms with Crippen LogP contribution in [0.1, 0.15) is 32.6 Å². The molecule has 1 amide bonds. The summed E-state index contributed by atoms with van der Waals surface area (Å²) in [7, 11) is 0. The summed E-state index contributed by atoms with van der Waals surface area (Å²) in [6, 6.07) is 6.17. The highest BCUT2D eigenvalue weighted by molar-refractivity contribution is 5.95. The predicted molar refractivity (Wildman–Crippen MR) is 77.5 cm³/mol. The van der Waals surface area contributed by atoms with Gasteiger partial charge in [-0.3, -0.25) is 9.59 Å². The first-order chi connectivity index (χ1) is 10.0. The number of carbonyl (C=O) groups is 2. The molecule has 1 N–H and O–H groups in total. The predicted octanol–water partition coefficient (Wildman–Crippen LogP) is 3.07. The summed E-state index contributed by atoms with van der Waals surface area (Å²) in [6.07, 6.45) is 2.36. The highest BCUT2D eigenvalue weighted by Crippen LogP contribution is 2.32. The molecule has 2 atom stereocenters. The standard InChI is InChI=1S/C16H20FNO3/c1-2-18(14-9-4-3-8-13(14)17)15(19)11-6-5-7-12(10-11)16(20)21/h3-4,8-9,11-12H,2,5-7,10H2,1H3,(H,20,21). The molecule has 0 saturated heterocycles. The number of carboxylic acids is 1. The Balaban J connectivity index is 2.17. The molecule has 1 aromatic rings. The van der Waals surface area contributed by atoms with Crippen LogP contribution in [0, 0.1) is 17.7 Å². The van der Waals surface area contributed by atoms with Crippen LogP contribution < -0.4 is 4.90 Å². The van der Waals surface area contributed by atoms with Crippen LogP contribution >= 0.6 is 0 Å². The summed E-state index contributed by atoms with van der Waals surface area (Å²) in [5.74, 6) is -2.25.